The van der Waals surface area contributed by atoms with Crippen molar-refractivity contribution in [3.63, 3.8) is 0 Å². The Kier molecular flexibility index (Phi) is 5.95. The van der Waals surface area contributed by atoms with Crippen LogP contribution in [-0.2, 0) is 9.59 Å². The molecule has 0 radical (unpaired) electrons. The maximum atomic E-state index is 12.1. The lowest BCUT2D eigenvalue weighted by Crippen LogP contribution is -2.31. The highest BCUT2D eigenvalue weighted by Gasteiger charge is 2.13. The van der Waals surface area contributed by atoms with Crippen LogP contribution < -0.4 is 15.0 Å². The summed E-state index contributed by atoms with van der Waals surface area (Å²) in [7, 11) is 1.58. The van der Waals surface area contributed by atoms with E-state index in [0.29, 0.717) is 18.0 Å². The van der Waals surface area contributed by atoms with Gasteiger partial charge in [-0.2, -0.15) is 0 Å². The molecule has 0 spiro atoms. The lowest BCUT2D eigenvalue weighted by molar-refractivity contribution is -0.117. The van der Waals surface area contributed by atoms with Crippen molar-refractivity contribution in [2.75, 3.05) is 23.9 Å². The maximum Gasteiger partial charge on any atom is 0.226 e. The van der Waals surface area contributed by atoms with E-state index >= 15 is 0 Å². The first-order valence-electron chi connectivity index (χ1n) is 7.78. The predicted octanol–water partition coefficient (Wildman–Crippen LogP) is 3.39. The zero-order chi connectivity index (χ0) is 17.5. The number of hydrogen-bond donors (Lipinski definition) is 1. The molecule has 126 valence electrons. The van der Waals surface area contributed by atoms with E-state index in [1.807, 2.05) is 43.3 Å². The fraction of sp³-hybridized carbons (Fsp3) is 0.263. The Balaban J connectivity index is 1.97. The average molecular weight is 326 g/mol. The van der Waals surface area contributed by atoms with Gasteiger partial charge in [-0.1, -0.05) is 23.8 Å². The Labute approximate surface area is 142 Å². The summed E-state index contributed by atoms with van der Waals surface area (Å²) in [5, 5.41) is 2.81. The third kappa shape index (κ3) is 4.84. The summed E-state index contributed by atoms with van der Waals surface area (Å²) in [6, 6.07) is 14.8. The van der Waals surface area contributed by atoms with Crippen LogP contribution >= 0.6 is 0 Å². The summed E-state index contributed by atoms with van der Waals surface area (Å²) in [6.07, 6.45) is 0.213. The highest BCUT2D eigenvalue weighted by molar-refractivity contribution is 5.94. The lowest BCUT2D eigenvalue weighted by Gasteiger charge is -2.21. The highest BCUT2D eigenvalue weighted by atomic mass is 16.5. The Morgan fingerprint density at radius 3 is 2.46 bits per heavy atom. The van der Waals surface area contributed by atoms with Crippen LogP contribution in [0.3, 0.4) is 0 Å². The van der Waals surface area contributed by atoms with Gasteiger partial charge in [-0.05, 0) is 31.2 Å². The van der Waals surface area contributed by atoms with E-state index in [2.05, 4.69) is 5.32 Å². The molecular weight excluding hydrogens is 304 g/mol. The molecule has 0 atom stereocenters. The SMILES string of the molecule is COc1cccc(NC(=O)CCN(C(C)=O)c2ccc(C)cc2)c1. The number of carbonyl (C=O) groups excluding carboxylic acids is 2. The van der Waals surface area contributed by atoms with Crippen LogP contribution in [0.25, 0.3) is 0 Å². The zero-order valence-electron chi connectivity index (χ0n) is 14.2. The number of ether oxygens (including phenoxy) is 1. The van der Waals surface area contributed by atoms with Crippen LogP contribution in [0.1, 0.15) is 18.9 Å². The minimum Gasteiger partial charge on any atom is -0.497 e. The number of carbonyl (C=O) groups is 2. The number of anilines is 2. The van der Waals surface area contributed by atoms with Crippen molar-refractivity contribution in [2.45, 2.75) is 20.3 Å². The third-order valence-corrected chi connectivity index (χ3v) is 3.64. The Bertz CT molecular complexity index is 711. The van der Waals surface area contributed by atoms with Gasteiger partial charge in [0.25, 0.3) is 0 Å². The average Bonchev–Trinajstić information content (AvgIpc) is 2.56. The molecule has 0 saturated heterocycles. The highest BCUT2D eigenvalue weighted by Crippen LogP contribution is 2.18. The van der Waals surface area contributed by atoms with Crippen LogP contribution in [0.15, 0.2) is 48.5 Å². The van der Waals surface area contributed by atoms with Gasteiger partial charge in [0.2, 0.25) is 11.8 Å². The second kappa shape index (κ2) is 8.15. The molecule has 2 aromatic rings. The molecule has 2 amide bonds. The van der Waals surface area contributed by atoms with Crippen molar-refractivity contribution in [1.29, 1.82) is 0 Å². The summed E-state index contributed by atoms with van der Waals surface area (Å²) in [4.78, 5) is 25.6. The number of amides is 2. The van der Waals surface area contributed by atoms with E-state index in [9.17, 15) is 9.59 Å². The Morgan fingerprint density at radius 1 is 1.12 bits per heavy atom. The van der Waals surface area contributed by atoms with Crippen LogP contribution in [0.2, 0.25) is 0 Å². The number of nitrogens with zero attached hydrogens (tertiary/aromatic N) is 1. The second-order valence-corrected chi connectivity index (χ2v) is 5.54. The summed E-state index contributed by atoms with van der Waals surface area (Å²) in [5.41, 5.74) is 2.59. The summed E-state index contributed by atoms with van der Waals surface area (Å²) >= 11 is 0. The van der Waals surface area contributed by atoms with E-state index in [0.717, 1.165) is 11.3 Å². The molecule has 0 bridgehead atoms. The van der Waals surface area contributed by atoms with Crippen LogP contribution in [-0.4, -0.2) is 25.5 Å². The number of nitrogens with one attached hydrogen (secondary N) is 1. The normalized spacial score (nSPS) is 10.1. The van der Waals surface area contributed by atoms with Crippen LogP contribution in [0.5, 0.6) is 5.75 Å². The molecule has 24 heavy (non-hydrogen) atoms. The number of rotatable bonds is 6. The minimum atomic E-state index is -0.151. The lowest BCUT2D eigenvalue weighted by atomic mass is 10.2. The molecule has 2 rings (SSSR count). The first-order chi connectivity index (χ1) is 11.5. The molecule has 0 aliphatic rings. The van der Waals surface area contributed by atoms with Crippen molar-refractivity contribution in [1.82, 2.24) is 0 Å². The standard InChI is InChI=1S/C19H22N2O3/c1-14-7-9-17(10-8-14)21(15(2)22)12-11-19(23)20-16-5-4-6-18(13-16)24-3/h4-10,13H,11-12H2,1-3H3,(H,20,23). The largest absolute Gasteiger partial charge is 0.497 e. The summed E-state index contributed by atoms with van der Waals surface area (Å²) in [6.45, 7) is 3.82. The van der Waals surface area contributed by atoms with Crippen molar-refractivity contribution in [3.8, 4) is 5.75 Å². The van der Waals surface area contributed by atoms with Crippen molar-refractivity contribution >= 4 is 23.2 Å². The topological polar surface area (TPSA) is 58.6 Å². The zero-order valence-corrected chi connectivity index (χ0v) is 14.2. The fourth-order valence-electron chi connectivity index (χ4n) is 2.33. The fourth-order valence-corrected chi connectivity index (χ4v) is 2.33. The van der Waals surface area contributed by atoms with Crippen LogP contribution in [0, 0.1) is 6.92 Å². The Hall–Kier alpha value is -2.82. The molecule has 0 aliphatic carbocycles. The molecule has 5 nitrogen and oxygen atoms in total. The number of methoxy groups -OCH3 is 1. The van der Waals surface area contributed by atoms with E-state index in [4.69, 9.17) is 4.74 Å². The predicted molar refractivity (Wildman–Crippen MR) is 95.4 cm³/mol. The second-order valence-electron chi connectivity index (χ2n) is 5.54. The van der Waals surface area contributed by atoms with Gasteiger partial charge in [0.1, 0.15) is 5.75 Å². The van der Waals surface area contributed by atoms with Gasteiger partial charge in [0, 0.05) is 37.3 Å². The number of hydrogen-bond acceptors (Lipinski definition) is 3. The first-order valence-corrected chi connectivity index (χ1v) is 7.78. The minimum absolute atomic E-state index is 0.0898. The van der Waals surface area contributed by atoms with Crippen molar-refractivity contribution in [3.05, 3.63) is 54.1 Å². The van der Waals surface area contributed by atoms with E-state index in [-0.39, 0.29) is 18.2 Å². The summed E-state index contributed by atoms with van der Waals surface area (Å²) in [5.74, 6) is 0.437. The molecule has 0 unspecified atom stereocenters. The monoisotopic (exact) mass is 326 g/mol. The maximum absolute atomic E-state index is 12.1. The van der Waals surface area contributed by atoms with Crippen molar-refractivity contribution < 1.29 is 14.3 Å². The Morgan fingerprint density at radius 2 is 1.83 bits per heavy atom. The van der Waals surface area contributed by atoms with Crippen molar-refractivity contribution in [2.24, 2.45) is 0 Å². The van der Waals surface area contributed by atoms with E-state index in [1.165, 1.54) is 6.92 Å². The van der Waals surface area contributed by atoms with E-state index in [1.54, 1.807) is 24.1 Å². The summed E-state index contributed by atoms with van der Waals surface area (Å²) < 4.78 is 5.13. The molecule has 0 aromatic heterocycles. The molecule has 1 N–H and O–H groups in total. The van der Waals surface area contributed by atoms with Crippen LogP contribution in [0.4, 0.5) is 11.4 Å². The molecule has 0 fully saturated rings. The molecular formula is C19H22N2O3. The first kappa shape index (κ1) is 17.5. The third-order valence-electron chi connectivity index (χ3n) is 3.64. The molecule has 0 aliphatic heterocycles. The molecule has 5 heteroatoms. The molecule has 0 saturated carbocycles. The molecule has 0 heterocycles. The quantitative estimate of drug-likeness (QED) is 0.885. The smallest absolute Gasteiger partial charge is 0.226 e. The van der Waals surface area contributed by atoms with Gasteiger partial charge in [-0.3, -0.25) is 9.59 Å². The number of aryl methyl sites for hydroxylation is 1. The van der Waals surface area contributed by atoms with Gasteiger partial charge in [-0.15, -0.1) is 0 Å². The number of benzene rings is 2. The van der Waals surface area contributed by atoms with Gasteiger partial charge >= 0.3 is 0 Å². The van der Waals surface area contributed by atoms with E-state index < -0.39 is 0 Å². The van der Waals surface area contributed by atoms with Gasteiger partial charge in [0.05, 0.1) is 7.11 Å². The molecule has 2 aromatic carbocycles. The van der Waals surface area contributed by atoms with Gasteiger partial charge < -0.3 is 15.0 Å². The van der Waals surface area contributed by atoms with Gasteiger partial charge in [-0.25, -0.2) is 0 Å². The van der Waals surface area contributed by atoms with Gasteiger partial charge in [0.15, 0.2) is 0 Å².